The molecule has 0 aliphatic heterocycles. The standard InChI is InChI=1S/C11H10/c1-9-6-7-10-4-2-3-5-11(10)8-9/h2-8H,1H3/i2D,3D,4D,5D,6D,7D,8D. The Morgan fingerprint density at radius 3 is 2.55 bits per heavy atom. The van der Waals surface area contributed by atoms with Gasteiger partial charge in [0.15, 0.2) is 0 Å². The highest BCUT2D eigenvalue weighted by Crippen LogP contribution is 2.14. The molecule has 0 atom stereocenters. The molecular formula is C11H10. The van der Waals surface area contributed by atoms with Crippen molar-refractivity contribution in [3.63, 3.8) is 0 Å². The number of hydrogen-bond donors (Lipinski definition) is 0. The van der Waals surface area contributed by atoms with Crippen LogP contribution in [0.3, 0.4) is 0 Å². The Morgan fingerprint density at radius 1 is 1.00 bits per heavy atom. The fraction of sp³-hybridized carbons (Fsp3) is 0.0909. The zero-order chi connectivity index (χ0) is 13.8. The van der Waals surface area contributed by atoms with Crippen molar-refractivity contribution in [1.29, 1.82) is 0 Å². The maximum atomic E-state index is 7.88. The molecule has 54 valence electrons. The van der Waals surface area contributed by atoms with Crippen molar-refractivity contribution in [2.75, 3.05) is 0 Å². The van der Waals surface area contributed by atoms with Crippen LogP contribution in [0, 0.1) is 6.92 Å². The van der Waals surface area contributed by atoms with Crippen LogP contribution in [0.5, 0.6) is 0 Å². The smallest absolute Gasteiger partial charge is 0.0616 e. The minimum absolute atomic E-state index is 0.0134. The van der Waals surface area contributed by atoms with Crippen molar-refractivity contribution in [3.8, 4) is 0 Å². The molecule has 11 heavy (non-hydrogen) atoms. The molecule has 0 aliphatic carbocycles. The first-order valence-electron chi connectivity index (χ1n) is 6.75. The molecule has 0 bridgehead atoms. The summed E-state index contributed by atoms with van der Waals surface area (Å²) < 4.78 is 54.0. The normalized spacial score (nSPS) is 19.2. The van der Waals surface area contributed by atoms with Gasteiger partial charge in [0.05, 0.1) is 9.60 Å². The van der Waals surface area contributed by atoms with Gasteiger partial charge in [0.1, 0.15) is 0 Å². The monoisotopic (exact) mass is 149 g/mol. The molecule has 0 heteroatoms. The third-order valence-corrected chi connectivity index (χ3v) is 1.38. The van der Waals surface area contributed by atoms with Crippen LogP contribution < -0.4 is 0 Å². The summed E-state index contributed by atoms with van der Waals surface area (Å²) in [5.41, 5.74) is 0.248. The summed E-state index contributed by atoms with van der Waals surface area (Å²) in [6.07, 6.45) is 0. The molecule has 2 aromatic rings. The van der Waals surface area contributed by atoms with Gasteiger partial charge in [-0.25, -0.2) is 0 Å². The second-order valence-corrected chi connectivity index (χ2v) is 2.25. The Balaban J connectivity index is 3.22. The molecule has 0 spiro atoms. The van der Waals surface area contributed by atoms with Crippen LogP contribution in [0.15, 0.2) is 42.3 Å². The lowest BCUT2D eigenvalue weighted by Gasteiger charge is -1.96. The van der Waals surface area contributed by atoms with Crippen LogP contribution in [-0.2, 0) is 0 Å². The van der Waals surface area contributed by atoms with Crippen LogP contribution in [0.25, 0.3) is 10.8 Å². The number of benzene rings is 2. The minimum Gasteiger partial charge on any atom is -0.0616 e. The topological polar surface area (TPSA) is 0 Å². The van der Waals surface area contributed by atoms with Gasteiger partial charge in [-0.1, -0.05) is 47.9 Å². The molecule has 0 saturated heterocycles. The molecule has 0 nitrogen and oxygen atoms in total. The fourth-order valence-electron chi connectivity index (χ4n) is 0.875. The Kier molecular flexibility index (Phi) is 0.509. The molecular weight excluding hydrogens is 132 g/mol. The van der Waals surface area contributed by atoms with E-state index < -0.39 is 12.1 Å². The number of fused-ring (bicyclic) bond motifs is 1. The van der Waals surface area contributed by atoms with E-state index in [2.05, 4.69) is 0 Å². The second kappa shape index (κ2) is 2.39. The van der Waals surface area contributed by atoms with Crippen molar-refractivity contribution >= 4 is 10.8 Å². The first-order valence-corrected chi connectivity index (χ1v) is 3.25. The van der Waals surface area contributed by atoms with Gasteiger partial charge in [-0.2, -0.15) is 0 Å². The van der Waals surface area contributed by atoms with Gasteiger partial charge in [0.25, 0.3) is 0 Å². The van der Waals surface area contributed by atoms with E-state index in [1.807, 2.05) is 0 Å². The molecule has 0 heterocycles. The molecule has 0 amide bonds. The summed E-state index contributed by atoms with van der Waals surface area (Å²) in [5.74, 6) is 0. The molecule has 0 N–H and O–H groups in total. The van der Waals surface area contributed by atoms with Crippen molar-refractivity contribution in [2.24, 2.45) is 0 Å². The molecule has 0 unspecified atom stereocenters. The van der Waals surface area contributed by atoms with E-state index in [1.165, 1.54) is 6.92 Å². The third-order valence-electron chi connectivity index (χ3n) is 1.38. The van der Waals surface area contributed by atoms with E-state index in [1.54, 1.807) is 0 Å². The summed E-state index contributed by atoms with van der Waals surface area (Å²) in [4.78, 5) is 0. The zero-order valence-corrected chi connectivity index (χ0v) is 6.00. The van der Waals surface area contributed by atoms with Gasteiger partial charge in [-0.05, 0) is 17.7 Å². The summed E-state index contributed by atoms with van der Waals surface area (Å²) >= 11 is 0. The lowest BCUT2D eigenvalue weighted by atomic mass is 10.1. The van der Waals surface area contributed by atoms with Gasteiger partial charge in [-0.15, -0.1) is 0 Å². The Hall–Kier alpha value is -1.30. The van der Waals surface area contributed by atoms with E-state index in [-0.39, 0.29) is 46.5 Å². The number of rotatable bonds is 0. The Morgan fingerprint density at radius 2 is 1.73 bits per heavy atom. The molecule has 0 aromatic heterocycles. The Labute approximate surface area is 76.3 Å². The van der Waals surface area contributed by atoms with Crippen LogP contribution in [-0.4, -0.2) is 0 Å². The van der Waals surface area contributed by atoms with Crippen LogP contribution >= 0.6 is 0 Å². The van der Waals surface area contributed by atoms with Gasteiger partial charge < -0.3 is 0 Å². The van der Waals surface area contributed by atoms with Gasteiger partial charge in [0, 0.05) is 0 Å². The maximum absolute atomic E-state index is 7.88. The van der Waals surface area contributed by atoms with E-state index in [4.69, 9.17) is 9.60 Å². The SMILES string of the molecule is [2H]c1c([2H])c([2H])c2c([2H])c(C)c([2H])c([2H])c2c1[2H]. The third kappa shape index (κ3) is 1.12. The van der Waals surface area contributed by atoms with Gasteiger partial charge in [0.2, 0.25) is 0 Å². The van der Waals surface area contributed by atoms with Gasteiger partial charge >= 0.3 is 0 Å². The first kappa shape index (κ1) is 2.34. The van der Waals surface area contributed by atoms with Crippen LogP contribution in [0.4, 0.5) is 0 Å². The predicted molar refractivity (Wildman–Crippen MR) is 48.7 cm³/mol. The summed E-state index contributed by atoms with van der Waals surface area (Å²) in [6, 6.07) is -2.09. The van der Waals surface area contributed by atoms with E-state index in [9.17, 15) is 0 Å². The molecule has 2 rings (SSSR count). The highest BCUT2D eigenvalue weighted by Gasteiger charge is 1.89. The molecule has 0 aliphatic rings. The molecule has 2 aromatic carbocycles. The molecule has 0 saturated carbocycles. The summed E-state index contributed by atoms with van der Waals surface area (Å²) in [7, 11) is 0. The highest BCUT2D eigenvalue weighted by atomic mass is 13.9. The van der Waals surface area contributed by atoms with Crippen molar-refractivity contribution in [3.05, 3.63) is 47.9 Å². The maximum Gasteiger partial charge on any atom is 0.0632 e. The van der Waals surface area contributed by atoms with Crippen molar-refractivity contribution in [1.82, 2.24) is 0 Å². The lowest BCUT2D eigenvalue weighted by molar-refractivity contribution is 1.51. The summed E-state index contributed by atoms with van der Waals surface area (Å²) in [6.45, 7) is 1.50. The van der Waals surface area contributed by atoms with Crippen LogP contribution in [0.2, 0.25) is 0 Å². The second-order valence-electron chi connectivity index (χ2n) is 2.25. The lowest BCUT2D eigenvalue weighted by Crippen LogP contribution is -1.73. The Bertz CT molecular complexity index is 562. The van der Waals surface area contributed by atoms with Crippen molar-refractivity contribution < 1.29 is 9.60 Å². The average molecular weight is 149 g/mol. The molecule has 0 fully saturated rings. The minimum atomic E-state index is -0.441. The number of hydrogen-bond acceptors (Lipinski definition) is 0. The predicted octanol–water partition coefficient (Wildman–Crippen LogP) is 3.15. The fourth-order valence-corrected chi connectivity index (χ4v) is 0.875. The van der Waals surface area contributed by atoms with E-state index in [0.717, 1.165) is 0 Å². The quantitative estimate of drug-likeness (QED) is 0.539. The van der Waals surface area contributed by atoms with Crippen molar-refractivity contribution in [2.45, 2.75) is 6.92 Å². The first-order chi connectivity index (χ1) is 8.29. The average Bonchev–Trinajstić information content (AvgIpc) is 2.35. The van der Waals surface area contributed by atoms with Crippen LogP contribution in [0.1, 0.15) is 15.2 Å². The van der Waals surface area contributed by atoms with E-state index >= 15 is 0 Å². The highest BCUT2D eigenvalue weighted by molar-refractivity contribution is 5.82. The largest absolute Gasteiger partial charge is 0.0632 e. The van der Waals surface area contributed by atoms with E-state index in [0.29, 0.717) is 0 Å². The van der Waals surface area contributed by atoms with Gasteiger partial charge in [-0.3, -0.25) is 0 Å². The summed E-state index contributed by atoms with van der Waals surface area (Å²) in [5, 5.41) is -0.0406. The zero-order valence-electron chi connectivity index (χ0n) is 13.0. The molecule has 0 radical (unpaired) electrons.